The summed E-state index contributed by atoms with van der Waals surface area (Å²) < 4.78 is 0. The Bertz CT molecular complexity index is 426. The third-order valence-electron chi connectivity index (χ3n) is 1.92. The van der Waals surface area contributed by atoms with Gasteiger partial charge in [-0.05, 0) is 13.0 Å². The van der Waals surface area contributed by atoms with Gasteiger partial charge in [-0.25, -0.2) is 0 Å². The Hall–Kier alpha value is -0.390. The first-order valence-corrected chi connectivity index (χ1v) is 5.88. The van der Waals surface area contributed by atoms with Gasteiger partial charge in [-0.1, -0.05) is 34.8 Å². The van der Waals surface area contributed by atoms with Crippen LogP contribution in [0.25, 0.3) is 0 Å². The fourth-order valence-electron chi connectivity index (χ4n) is 1.18. The van der Waals surface area contributed by atoms with E-state index in [1.165, 1.54) is 6.07 Å². The van der Waals surface area contributed by atoms with E-state index in [9.17, 15) is 9.90 Å². The number of phenols is 1. The second kappa shape index (κ2) is 7.26. The number of nitrogens with one attached hydrogen (secondary N) is 1. The number of rotatable bonds is 3. The topological polar surface area (TPSA) is 75.4 Å². The largest absolute Gasteiger partial charge is 0.504 e. The second-order valence-electron chi connectivity index (χ2n) is 3.61. The van der Waals surface area contributed by atoms with Gasteiger partial charge in [-0.3, -0.25) is 4.79 Å². The van der Waals surface area contributed by atoms with Crippen LogP contribution in [0.4, 0.5) is 5.69 Å². The molecule has 0 radical (unpaired) electrons. The van der Waals surface area contributed by atoms with Gasteiger partial charge in [0, 0.05) is 12.5 Å². The predicted octanol–water partition coefficient (Wildman–Crippen LogP) is 3.45. The number of hydrogen-bond acceptors (Lipinski definition) is 3. The summed E-state index contributed by atoms with van der Waals surface area (Å²) in [5, 5.41) is 12.3. The molecule has 0 aromatic heterocycles. The quantitative estimate of drug-likeness (QED) is 0.585. The van der Waals surface area contributed by atoms with Crippen LogP contribution in [0.3, 0.4) is 0 Å². The van der Waals surface area contributed by atoms with Crippen molar-refractivity contribution in [3.63, 3.8) is 0 Å². The zero-order valence-electron chi connectivity index (χ0n) is 9.34. The van der Waals surface area contributed by atoms with Crippen LogP contribution in [0.5, 0.6) is 5.75 Å². The highest BCUT2D eigenvalue weighted by Gasteiger charge is 2.17. The number of carbonyl (C=O) groups excluding carboxylic acids is 1. The zero-order chi connectivity index (χ0) is 13.2. The maximum Gasteiger partial charge on any atom is 0.226 e. The molecule has 0 bridgehead atoms. The number of benzene rings is 1. The van der Waals surface area contributed by atoms with Gasteiger partial charge >= 0.3 is 0 Å². The molecule has 0 aliphatic carbocycles. The van der Waals surface area contributed by atoms with E-state index in [1.807, 2.05) is 0 Å². The third kappa shape index (κ3) is 4.37. The minimum Gasteiger partial charge on any atom is -0.504 e. The Balaban J connectivity index is 0.00000289. The molecule has 4 N–H and O–H groups in total. The molecule has 1 aromatic rings. The van der Waals surface area contributed by atoms with Crippen molar-refractivity contribution in [3.8, 4) is 5.75 Å². The Morgan fingerprint density at radius 2 is 2.00 bits per heavy atom. The van der Waals surface area contributed by atoms with Gasteiger partial charge < -0.3 is 16.2 Å². The van der Waals surface area contributed by atoms with Crippen molar-refractivity contribution in [2.24, 2.45) is 5.73 Å². The summed E-state index contributed by atoms with van der Waals surface area (Å²) in [5.74, 6) is -0.699. The lowest BCUT2D eigenvalue weighted by Gasteiger charge is -2.12. The first-order chi connectivity index (χ1) is 7.82. The Morgan fingerprint density at radius 1 is 1.44 bits per heavy atom. The van der Waals surface area contributed by atoms with Crippen molar-refractivity contribution in [3.05, 3.63) is 21.1 Å². The summed E-state index contributed by atoms with van der Waals surface area (Å²) in [6.07, 6.45) is 0.0971. The number of carbonyl (C=O) groups is 1. The van der Waals surface area contributed by atoms with Gasteiger partial charge in [-0.2, -0.15) is 0 Å². The number of anilines is 1. The summed E-state index contributed by atoms with van der Waals surface area (Å²) in [6.45, 7) is 1.69. The van der Waals surface area contributed by atoms with Crippen LogP contribution in [0.2, 0.25) is 15.1 Å². The van der Waals surface area contributed by atoms with E-state index in [0.717, 1.165) is 0 Å². The lowest BCUT2D eigenvalue weighted by atomic mass is 10.2. The van der Waals surface area contributed by atoms with E-state index < -0.39 is 0 Å². The smallest absolute Gasteiger partial charge is 0.226 e. The van der Waals surface area contributed by atoms with Gasteiger partial charge in [0.25, 0.3) is 0 Å². The molecule has 0 heterocycles. The number of halogens is 4. The minimum absolute atomic E-state index is 0. The van der Waals surface area contributed by atoms with E-state index in [0.29, 0.717) is 0 Å². The van der Waals surface area contributed by atoms with Gasteiger partial charge in [0.2, 0.25) is 5.91 Å². The number of phenolic OH excluding ortho intramolecular Hbond substituents is 1. The van der Waals surface area contributed by atoms with Crippen molar-refractivity contribution in [1.29, 1.82) is 0 Å². The lowest BCUT2D eigenvalue weighted by molar-refractivity contribution is -0.116. The second-order valence-corrected chi connectivity index (χ2v) is 4.80. The maximum atomic E-state index is 11.5. The van der Waals surface area contributed by atoms with Crippen LogP contribution in [0.1, 0.15) is 13.3 Å². The molecule has 1 atom stereocenters. The van der Waals surface area contributed by atoms with Gasteiger partial charge in [-0.15, -0.1) is 12.4 Å². The monoisotopic (exact) mass is 332 g/mol. The molecule has 0 saturated heterocycles. The lowest BCUT2D eigenvalue weighted by Crippen LogP contribution is -2.24. The molecule has 0 aliphatic heterocycles. The Kier molecular flexibility index (Phi) is 7.10. The van der Waals surface area contributed by atoms with E-state index in [-0.39, 0.29) is 57.3 Å². The molecule has 1 rings (SSSR count). The van der Waals surface area contributed by atoms with Crippen molar-refractivity contribution >= 4 is 58.8 Å². The standard InChI is InChI=1S/C10H11Cl3N2O2.ClH/c1-4(14)2-7(16)15-9-8(13)5(11)3-6(12)10(9)17;/h3-4,17H,2,14H2,1H3,(H,15,16);1H. The SMILES string of the molecule is CC(N)CC(=O)Nc1c(O)c(Cl)cc(Cl)c1Cl.Cl. The summed E-state index contributed by atoms with van der Waals surface area (Å²) >= 11 is 17.3. The molecular formula is C10H12Cl4N2O2. The highest BCUT2D eigenvalue weighted by Crippen LogP contribution is 2.42. The molecule has 0 fully saturated rings. The highest BCUT2D eigenvalue weighted by molar-refractivity contribution is 6.46. The molecule has 0 spiro atoms. The molecular weight excluding hydrogens is 322 g/mol. The average Bonchev–Trinajstić information content (AvgIpc) is 2.20. The molecule has 18 heavy (non-hydrogen) atoms. The molecule has 8 heteroatoms. The normalized spacial score (nSPS) is 11.6. The minimum atomic E-state index is -0.379. The third-order valence-corrected chi connectivity index (χ3v) is 2.99. The van der Waals surface area contributed by atoms with Crippen molar-refractivity contribution < 1.29 is 9.90 Å². The predicted molar refractivity (Wildman–Crippen MR) is 77.3 cm³/mol. The van der Waals surface area contributed by atoms with Crippen molar-refractivity contribution in [1.82, 2.24) is 0 Å². The Morgan fingerprint density at radius 3 is 2.50 bits per heavy atom. The molecule has 1 aromatic carbocycles. The van der Waals surface area contributed by atoms with Crippen molar-refractivity contribution in [2.45, 2.75) is 19.4 Å². The zero-order valence-corrected chi connectivity index (χ0v) is 12.4. The summed E-state index contributed by atoms with van der Waals surface area (Å²) in [4.78, 5) is 11.5. The van der Waals surface area contributed by atoms with Crippen LogP contribution in [0, 0.1) is 0 Å². The number of nitrogens with two attached hydrogens (primary N) is 1. The number of amides is 1. The fourth-order valence-corrected chi connectivity index (χ4v) is 1.84. The first kappa shape index (κ1) is 17.6. The van der Waals surface area contributed by atoms with Crippen LogP contribution in [-0.4, -0.2) is 17.1 Å². The summed E-state index contributed by atoms with van der Waals surface area (Å²) in [7, 11) is 0. The van der Waals surface area contributed by atoms with Crippen LogP contribution in [-0.2, 0) is 4.79 Å². The first-order valence-electron chi connectivity index (χ1n) is 4.74. The molecule has 4 nitrogen and oxygen atoms in total. The van der Waals surface area contributed by atoms with Crippen LogP contribution in [0.15, 0.2) is 6.07 Å². The highest BCUT2D eigenvalue weighted by atomic mass is 35.5. The van der Waals surface area contributed by atoms with E-state index >= 15 is 0 Å². The molecule has 1 amide bonds. The van der Waals surface area contributed by atoms with Crippen molar-refractivity contribution in [2.75, 3.05) is 5.32 Å². The van der Waals surface area contributed by atoms with Gasteiger partial charge in [0.05, 0.1) is 15.1 Å². The maximum absolute atomic E-state index is 11.5. The average molecular weight is 334 g/mol. The van der Waals surface area contributed by atoms with E-state index in [4.69, 9.17) is 40.5 Å². The molecule has 1 unspecified atom stereocenters. The molecule has 0 aliphatic rings. The summed E-state index contributed by atoms with van der Waals surface area (Å²) in [5.41, 5.74) is 5.47. The van der Waals surface area contributed by atoms with Gasteiger partial charge in [0.15, 0.2) is 5.75 Å². The fraction of sp³-hybridized carbons (Fsp3) is 0.300. The van der Waals surface area contributed by atoms with E-state index in [1.54, 1.807) is 6.92 Å². The Labute approximate surface area is 126 Å². The van der Waals surface area contributed by atoms with Crippen LogP contribution >= 0.6 is 47.2 Å². The number of hydrogen-bond donors (Lipinski definition) is 3. The van der Waals surface area contributed by atoms with E-state index in [2.05, 4.69) is 5.32 Å². The van der Waals surface area contributed by atoms with Gasteiger partial charge in [0.1, 0.15) is 5.69 Å². The summed E-state index contributed by atoms with van der Waals surface area (Å²) in [6, 6.07) is 0.993. The molecule has 102 valence electrons. The molecule has 0 saturated carbocycles. The number of aromatic hydroxyl groups is 1. The van der Waals surface area contributed by atoms with Crippen LogP contribution < -0.4 is 11.1 Å².